The molecule has 0 bridgehead atoms. The molecule has 8 rings (SSSR count). The summed E-state index contributed by atoms with van der Waals surface area (Å²) in [6.07, 6.45) is 7.37. The molecular weight excluding hydrogens is 987 g/mol. The standard InChI is InChI=1S/C65H107NO12/c1-20-46-39(5)38(4)41(7)56(73-46)77-54-53(76-55-40(6)37(3)36(2)34-72-55)42(8)52(43(9)68)75-57(54)74-50-26-27-61(15)47(62(50,16)35-67)25-28-63(17)48(61)24-23-44-45-32-60(13,14)29-30-65(45,51(71-19)33-64(44,63)18)49(69)22-21-31-66-58(70)78-59(10,11)12/h23,35-42,45-48,50-57H,20-22,24-34H2,1-19H3,(H,66,70)/t36-,37+,38+,39-,40?,41?,42-,45?,46?,47-,48?,50+,51?,52?,53+,54?,55+,56+,57-,61?,62-,63+,64-,65+/m1/s1. The molecule has 13 heteroatoms. The van der Waals surface area contributed by atoms with Crippen molar-refractivity contribution in [3.05, 3.63) is 11.6 Å². The first-order valence-electron chi connectivity index (χ1n) is 31.0. The number of fused-ring (bicyclic) bond motifs is 7. The number of aldehydes is 1. The lowest BCUT2D eigenvalue weighted by atomic mass is 9.33. The molecule has 0 aromatic carbocycles. The summed E-state index contributed by atoms with van der Waals surface area (Å²) in [7, 11) is 1.81. The van der Waals surface area contributed by atoms with Crippen LogP contribution < -0.4 is 5.32 Å². The molecule has 24 atom stereocenters. The predicted molar refractivity (Wildman–Crippen MR) is 301 cm³/mol. The highest BCUT2D eigenvalue weighted by molar-refractivity contribution is 5.87. The maximum absolute atomic E-state index is 15.1. The van der Waals surface area contributed by atoms with Gasteiger partial charge in [-0.25, -0.2) is 4.79 Å². The summed E-state index contributed by atoms with van der Waals surface area (Å²) in [6, 6.07) is 0. The molecule has 1 amide bonds. The van der Waals surface area contributed by atoms with E-state index < -0.39 is 71.7 Å². The molecule has 3 saturated heterocycles. The van der Waals surface area contributed by atoms with E-state index in [4.69, 9.17) is 37.9 Å². The second kappa shape index (κ2) is 22.7. The van der Waals surface area contributed by atoms with Gasteiger partial charge in [-0.15, -0.1) is 0 Å². The number of hydrogen-bond donors (Lipinski definition) is 1. The van der Waals surface area contributed by atoms with Gasteiger partial charge in [0, 0.05) is 37.8 Å². The smallest absolute Gasteiger partial charge is 0.407 e. The second-order valence-electron chi connectivity index (χ2n) is 29.8. The van der Waals surface area contributed by atoms with Crippen molar-refractivity contribution < 1.29 is 57.1 Å². The van der Waals surface area contributed by atoms with Gasteiger partial charge in [0.05, 0.1) is 41.9 Å². The molecule has 4 saturated carbocycles. The van der Waals surface area contributed by atoms with Gasteiger partial charge in [0.1, 0.15) is 29.9 Å². The van der Waals surface area contributed by atoms with Crippen molar-refractivity contribution in [2.24, 2.45) is 91.7 Å². The van der Waals surface area contributed by atoms with Crippen molar-refractivity contribution in [3.8, 4) is 0 Å². The number of nitrogens with one attached hydrogen (secondary N) is 1. The van der Waals surface area contributed by atoms with E-state index in [0.717, 1.165) is 57.8 Å². The highest BCUT2D eigenvalue weighted by Crippen LogP contribution is 2.76. The van der Waals surface area contributed by atoms with Crippen molar-refractivity contribution in [1.82, 2.24) is 5.32 Å². The Morgan fingerprint density at radius 3 is 2.08 bits per heavy atom. The quantitative estimate of drug-likeness (QED) is 0.0718. The van der Waals surface area contributed by atoms with E-state index >= 15 is 4.79 Å². The summed E-state index contributed by atoms with van der Waals surface area (Å²) in [6.45, 7) is 40.0. The van der Waals surface area contributed by atoms with E-state index in [-0.39, 0.29) is 75.0 Å². The Hall–Kier alpha value is -2.26. The van der Waals surface area contributed by atoms with Crippen molar-refractivity contribution >= 4 is 23.9 Å². The highest BCUT2D eigenvalue weighted by atomic mass is 16.8. The number of ketones is 2. The van der Waals surface area contributed by atoms with E-state index in [1.165, 1.54) is 11.9 Å². The number of carbonyl (C=O) groups is 4. The number of amides is 1. The first-order valence-corrected chi connectivity index (χ1v) is 31.0. The number of alkyl carbamates (subject to hydrolysis) is 1. The lowest BCUT2D eigenvalue weighted by Gasteiger charge is -2.72. The third-order valence-electron chi connectivity index (χ3n) is 23.8. The lowest BCUT2D eigenvalue weighted by molar-refractivity contribution is -0.374. The summed E-state index contributed by atoms with van der Waals surface area (Å²) in [4.78, 5) is 55.7. The van der Waals surface area contributed by atoms with Gasteiger partial charge in [0.25, 0.3) is 0 Å². The Bertz CT molecular complexity index is 2210. The number of methoxy groups -OCH3 is 1. The van der Waals surface area contributed by atoms with Crippen molar-refractivity contribution in [2.45, 2.75) is 263 Å². The molecule has 1 N–H and O–H groups in total. The number of rotatable bonds is 15. The zero-order chi connectivity index (χ0) is 57.5. The Labute approximate surface area is 470 Å². The average Bonchev–Trinajstić information content (AvgIpc) is 3.47. The normalized spacial score (nSPS) is 48.2. The van der Waals surface area contributed by atoms with Gasteiger partial charge in [0.2, 0.25) is 0 Å². The molecular formula is C65H107NO12. The Kier molecular flexibility index (Phi) is 18.0. The Morgan fingerprint density at radius 1 is 0.756 bits per heavy atom. The molecule has 13 nitrogen and oxygen atoms in total. The third kappa shape index (κ3) is 10.7. The Balaban J connectivity index is 1.09. The summed E-state index contributed by atoms with van der Waals surface area (Å²) in [5.41, 5.74) is -1.31. The van der Waals surface area contributed by atoms with Crippen LogP contribution in [0.2, 0.25) is 0 Å². The maximum atomic E-state index is 15.1. The zero-order valence-electron chi connectivity index (χ0n) is 51.9. The molecule has 78 heavy (non-hydrogen) atoms. The van der Waals surface area contributed by atoms with Crippen molar-refractivity contribution in [1.29, 1.82) is 0 Å². The van der Waals surface area contributed by atoms with Crippen LogP contribution in [0.4, 0.5) is 4.79 Å². The number of allylic oxidation sites excluding steroid dienone is 2. The van der Waals surface area contributed by atoms with Crippen LogP contribution in [0.1, 0.15) is 202 Å². The van der Waals surface area contributed by atoms with Crippen molar-refractivity contribution in [2.75, 3.05) is 20.3 Å². The number of hydrogen-bond acceptors (Lipinski definition) is 12. The molecule has 0 aromatic rings. The van der Waals surface area contributed by atoms with Crippen LogP contribution in [0.3, 0.4) is 0 Å². The van der Waals surface area contributed by atoms with E-state index in [9.17, 15) is 14.4 Å². The van der Waals surface area contributed by atoms with Gasteiger partial charge < -0.3 is 48.0 Å². The monoisotopic (exact) mass is 1090 g/mol. The largest absolute Gasteiger partial charge is 0.444 e. The van der Waals surface area contributed by atoms with Crippen LogP contribution in [0.5, 0.6) is 0 Å². The van der Waals surface area contributed by atoms with Gasteiger partial charge >= 0.3 is 6.09 Å². The molecule has 8 aliphatic rings. The summed E-state index contributed by atoms with van der Waals surface area (Å²) < 4.78 is 54.3. The van der Waals surface area contributed by atoms with Crippen LogP contribution in [0.15, 0.2) is 11.6 Å². The first kappa shape index (κ1) is 61.8. The number of ether oxygens (including phenoxy) is 8. The molecule has 444 valence electrons. The minimum atomic E-state index is -1.03. The fraction of sp³-hybridized carbons (Fsp3) is 0.908. The van der Waals surface area contributed by atoms with Crippen LogP contribution in [-0.4, -0.2) is 105 Å². The molecule has 0 radical (unpaired) electrons. The van der Waals surface area contributed by atoms with Gasteiger partial charge in [-0.05, 0) is 161 Å². The average molecular weight is 1090 g/mol. The van der Waals surface area contributed by atoms with Gasteiger partial charge in [0.15, 0.2) is 24.7 Å². The zero-order valence-corrected chi connectivity index (χ0v) is 51.9. The topological polar surface area (TPSA) is 154 Å². The molecule has 3 heterocycles. The summed E-state index contributed by atoms with van der Waals surface area (Å²) in [5, 5.41) is 2.88. The number of carbonyl (C=O) groups excluding carboxylic acids is 4. The van der Waals surface area contributed by atoms with Crippen molar-refractivity contribution in [3.63, 3.8) is 0 Å². The van der Waals surface area contributed by atoms with E-state index in [2.05, 4.69) is 101 Å². The lowest BCUT2D eigenvalue weighted by Crippen LogP contribution is -2.68. The van der Waals surface area contributed by atoms with Crippen LogP contribution >= 0.6 is 0 Å². The van der Waals surface area contributed by atoms with Gasteiger partial charge in [-0.2, -0.15) is 0 Å². The van der Waals surface area contributed by atoms with E-state index in [1.54, 1.807) is 6.92 Å². The predicted octanol–water partition coefficient (Wildman–Crippen LogP) is 12.9. The van der Waals surface area contributed by atoms with Crippen LogP contribution in [-0.2, 0) is 52.3 Å². The Morgan fingerprint density at radius 2 is 1.44 bits per heavy atom. The second-order valence-corrected chi connectivity index (χ2v) is 29.8. The number of Topliss-reactive ketones (excluding diaryl/α,β-unsaturated/α-hetero) is 2. The molecule has 0 spiro atoms. The summed E-state index contributed by atoms with van der Waals surface area (Å²) in [5.74, 6) is 1.57. The first-order chi connectivity index (χ1) is 36.4. The fourth-order valence-corrected chi connectivity index (χ4v) is 18.1. The van der Waals surface area contributed by atoms with Crippen LogP contribution in [0, 0.1) is 91.7 Å². The maximum Gasteiger partial charge on any atom is 0.407 e. The van der Waals surface area contributed by atoms with E-state index in [1.807, 2.05) is 34.8 Å². The molecule has 7 fully saturated rings. The molecule has 9 unspecified atom stereocenters. The van der Waals surface area contributed by atoms with Crippen LogP contribution in [0.25, 0.3) is 0 Å². The SMILES string of the molecule is CCC1O[C@@H](OC2[C@H](O[C@H]3CCC4(C)C5CC=C6C7CC(C)(C)CC[C@]7(C(=O)CCCNC(=O)OC(C)(C)C)C(OC)C[C@@]6(C)[C@@]5(C)CC[C@H]4[C@@]3(C)C=O)OC(C(C)=O)[C@@H](C)[C@@H]2O[C@@H]2OC[C@@H](C)[C@H](C)C2C)C(C)[C@@H](C)[C@H]1C. The molecule has 0 aromatic heterocycles. The highest BCUT2D eigenvalue weighted by Gasteiger charge is 2.72. The minimum absolute atomic E-state index is 0.00453. The molecule has 3 aliphatic heterocycles. The third-order valence-corrected chi connectivity index (χ3v) is 23.8. The molecule has 5 aliphatic carbocycles. The van der Waals surface area contributed by atoms with Gasteiger partial charge in [-0.3, -0.25) is 9.59 Å². The van der Waals surface area contributed by atoms with E-state index in [0.29, 0.717) is 56.1 Å². The fourth-order valence-electron chi connectivity index (χ4n) is 18.1. The van der Waals surface area contributed by atoms with Gasteiger partial charge in [-0.1, -0.05) is 109 Å². The minimum Gasteiger partial charge on any atom is -0.444 e. The summed E-state index contributed by atoms with van der Waals surface area (Å²) >= 11 is 0.